The topological polar surface area (TPSA) is 38.9 Å². The van der Waals surface area contributed by atoms with Crippen LogP contribution in [0.3, 0.4) is 0 Å². The molecule has 1 aromatic carbocycles. The molecule has 3 rings (SSSR count). The Labute approximate surface area is 110 Å². The second-order valence-corrected chi connectivity index (χ2v) is 5.27. The third-order valence-corrected chi connectivity index (χ3v) is 3.59. The summed E-state index contributed by atoms with van der Waals surface area (Å²) >= 11 is 5.00. The molecule has 0 aliphatic rings. The molecule has 0 unspecified atom stereocenters. The van der Waals surface area contributed by atoms with Crippen LogP contribution in [0.5, 0.6) is 0 Å². The molecule has 0 saturated heterocycles. The summed E-state index contributed by atoms with van der Waals surface area (Å²) in [5.41, 5.74) is 0.936. The first kappa shape index (κ1) is 10.7. The molecule has 0 aliphatic carbocycles. The first-order chi connectivity index (χ1) is 8.33. The van der Waals surface area contributed by atoms with E-state index in [-0.39, 0.29) is 0 Å². The molecule has 0 radical (unpaired) electrons. The smallest absolute Gasteiger partial charge is 0.268 e. The third kappa shape index (κ3) is 2.16. The Morgan fingerprint density at radius 3 is 2.88 bits per heavy atom. The van der Waals surface area contributed by atoms with Gasteiger partial charge < -0.3 is 4.52 Å². The summed E-state index contributed by atoms with van der Waals surface area (Å²) in [7, 11) is 0. The summed E-state index contributed by atoms with van der Waals surface area (Å²) < 4.78 is 6.23. The zero-order valence-corrected chi connectivity index (χ0v) is 11.0. The van der Waals surface area contributed by atoms with E-state index >= 15 is 0 Å². The minimum absolute atomic E-state index is 0.565. The standard InChI is InChI=1S/C12H7BrN2OS/c13-9-4-1-3-8(7-9)11-14-12(16-15-11)10-5-2-6-17-10/h1-7H. The van der Waals surface area contributed by atoms with Crippen molar-refractivity contribution in [1.29, 1.82) is 0 Å². The molecule has 0 saturated carbocycles. The van der Waals surface area contributed by atoms with Crippen molar-refractivity contribution in [3.8, 4) is 22.2 Å². The van der Waals surface area contributed by atoms with Gasteiger partial charge in [-0.1, -0.05) is 39.3 Å². The molecular weight excluding hydrogens is 300 g/mol. The first-order valence-electron chi connectivity index (χ1n) is 4.96. The van der Waals surface area contributed by atoms with E-state index in [0.717, 1.165) is 14.9 Å². The maximum atomic E-state index is 5.24. The van der Waals surface area contributed by atoms with Crippen LogP contribution >= 0.6 is 27.3 Å². The van der Waals surface area contributed by atoms with Crippen LogP contribution in [0.2, 0.25) is 0 Å². The van der Waals surface area contributed by atoms with Crippen LogP contribution in [0, 0.1) is 0 Å². The second kappa shape index (κ2) is 4.43. The molecule has 0 aliphatic heterocycles. The van der Waals surface area contributed by atoms with Gasteiger partial charge in [0.2, 0.25) is 5.82 Å². The van der Waals surface area contributed by atoms with Gasteiger partial charge in [-0.15, -0.1) is 11.3 Å². The summed E-state index contributed by atoms with van der Waals surface area (Å²) in [5.74, 6) is 1.17. The highest BCUT2D eigenvalue weighted by molar-refractivity contribution is 9.10. The predicted molar refractivity (Wildman–Crippen MR) is 70.7 cm³/mol. The number of benzene rings is 1. The van der Waals surface area contributed by atoms with Gasteiger partial charge in [0.1, 0.15) is 0 Å². The van der Waals surface area contributed by atoms with Crippen molar-refractivity contribution in [2.75, 3.05) is 0 Å². The molecule has 5 heteroatoms. The molecule has 84 valence electrons. The minimum Gasteiger partial charge on any atom is -0.333 e. The zero-order chi connectivity index (χ0) is 11.7. The van der Waals surface area contributed by atoms with E-state index in [1.54, 1.807) is 11.3 Å². The maximum Gasteiger partial charge on any atom is 0.268 e. The van der Waals surface area contributed by atoms with Gasteiger partial charge in [0.25, 0.3) is 5.89 Å². The number of aromatic nitrogens is 2. The number of halogens is 1. The SMILES string of the molecule is Brc1cccc(-c2noc(-c3cccs3)n2)c1. The number of rotatable bonds is 2. The monoisotopic (exact) mass is 306 g/mol. The molecule has 3 nitrogen and oxygen atoms in total. The Hall–Kier alpha value is -1.46. The lowest BCUT2D eigenvalue weighted by Crippen LogP contribution is -1.80. The summed E-state index contributed by atoms with van der Waals surface area (Å²) in [4.78, 5) is 5.36. The average molecular weight is 307 g/mol. The molecule has 0 atom stereocenters. The zero-order valence-electron chi connectivity index (χ0n) is 8.63. The molecule has 0 fully saturated rings. The van der Waals surface area contributed by atoms with Crippen LogP contribution in [0.4, 0.5) is 0 Å². The summed E-state index contributed by atoms with van der Waals surface area (Å²) in [6.07, 6.45) is 0. The quantitative estimate of drug-likeness (QED) is 0.711. The summed E-state index contributed by atoms with van der Waals surface area (Å²) in [5, 5.41) is 5.97. The molecule has 2 heterocycles. The van der Waals surface area contributed by atoms with Crippen molar-refractivity contribution in [2.45, 2.75) is 0 Å². The van der Waals surface area contributed by atoms with Gasteiger partial charge in [-0.3, -0.25) is 0 Å². The average Bonchev–Trinajstić information content (AvgIpc) is 3.00. The Morgan fingerprint density at radius 2 is 2.12 bits per heavy atom. The first-order valence-corrected chi connectivity index (χ1v) is 6.64. The van der Waals surface area contributed by atoms with Crippen molar-refractivity contribution >= 4 is 27.3 Å². The van der Waals surface area contributed by atoms with Gasteiger partial charge in [0, 0.05) is 10.0 Å². The van der Waals surface area contributed by atoms with E-state index in [4.69, 9.17) is 4.52 Å². The Morgan fingerprint density at radius 1 is 1.18 bits per heavy atom. The number of hydrogen-bond acceptors (Lipinski definition) is 4. The lowest BCUT2D eigenvalue weighted by atomic mass is 10.2. The van der Waals surface area contributed by atoms with Crippen LogP contribution < -0.4 is 0 Å². The van der Waals surface area contributed by atoms with E-state index < -0.39 is 0 Å². The highest BCUT2D eigenvalue weighted by atomic mass is 79.9. The molecule has 17 heavy (non-hydrogen) atoms. The fourth-order valence-electron chi connectivity index (χ4n) is 1.47. The maximum absolute atomic E-state index is 5.24. The van der Waals surface area contributed by atoms with E-state index in [0.29, 0.717) is 11.7 Å². The van der Waals surface area contributed by atoms with E-state index in [1.807, 2.05) is 41.8 Å². The molecule has 3 aromatic rings. The van der Waals surface area contributed by atoms with Gasteiger partial charge in [-0.25, -0.2) is 0 Å². The number of thiophene rings is 1. The lowest BCUT2D eigenvalue weighted by Gasteiger charge is -1.93. The van der Waals surface area contributed by atoms with Crippen LogP contribution in [-0.2, 0) is 0 Å². The van der Waals surface area contributed by atoms with Crippen molar-refractivity contribution in [3.63, 3.8) is 0 Å². The number of nitrogens with zero attached hydrogens (tertiary/aromatic N) is 2. The van der Waals surface area contributed by atoms with E-state index in [9.17, 15) is 0 Å². The van der Waals surface area contributed by atoms with Crippen LogP contribution in [0.25, 0.3) is 22.2 Å². The molecule has 0 amide bonds. The Kier molecular flexibility index (Phi) is 2.78. The summed E-state index contributed by atoms with van der Waals surface area (Å²) in [6.45, 7) is 0. The third-order valence-electron chi connectivity index (χ3n) is 2.24. The van der Waals surface area contributed by atoms with Gasteiger partial charge in [-0.05, 0) is 23.6 Å². The van der Waals surface area contributed by atoms with Crippen LogP contribution in [0.1, 0.15) is 0 Å². The highest BCUT2D eigenvalue weighted by Gasteiger charge is 2.10. The summed E-state index contributed by atoms with van der Waals surface area (Å²) in [6, 6.07) is 11.7. The molecule has 0 spiro atoms. The van der Waals surface area contributed by atoms with Crippen molar-refractivity contribution in [1.82, 2.24) is 10.1 Å². The normalized spacial score (nSPS) is 10.6. The Bertz CT molecular complexity index is 634. The van der Waals surface area contributed by atoms with Crippen molar-refractivity contribution < 1.29 is 4.52 Å². The second-order valence-electron chi connectivity index (χ2n) is 3.41. The molecule has 0 bridgehead atoms. The Balaban J connectivity index is 2.01. The molecule has 0 N–H and O–H groups in total. The van der Waals surface area contributed by atoms with Crippen molar-refractivity contribution in [3.05, 3.63) is 46.3 Å². The molecule has 2 aromatic heterocycles. The highest BCUT2D eigenvalue weighted by Crippen LogP contribution is 2.26. The van der Waals surface area contributed by atoms with Gasteiger partial charge in [-0.2, -0.15) is 4.98 Å². The fourth-order valence-corrected chi connectivity index (χ4v) is 2.51. The minimum atomic E-state index is 0.565. The van der Waals surface area contributed by atoms with Gasteiger partial charge in [0.15, 0.2) is 0 Å². The van der Waals surface area contributed by atoms with Crippen LogP contribution in [-0.4, -0.2) is 10.1 Å². The van der Waals surface area contributed by atoms with Crippen LogP contribution in [0.15, 0.2) is 50.8 Å². The predicted octanol–water partition coefficient (Wildman–Crippen LogP) is 4.23. The lowest BCUT2D eigenvalue weighted by molar-refractivity contribution is 0.433. The largest absolute Gasteiger partial charge is 0.333 e. The fraction of sp³-hybridized carbons (Fsp3) is 0. The van der Waals surface area contributed by atoms with Gasteiger partial charge >= 0.3 is 0 Å². The van der Waals surface area contributed by atoms with Gasteiger partial charge in [0.05, 0.1) is 4.88 Å². The van der Waals surface area contributed by atoms with E-state index in [1.165, 1.54) is 0 Å². The van der Waals surface area contributed by atoms with Crippen molar-refractivity contribution in [2.24, 2.45) is 0 Å². The number of hydrogen-bond donors (Lipinski definition) is 0. The molecular formula is C12H7BrN2OS. The van der Waals surface area contributed by atoms with E-state index in [2.05, 4.69) is 26.1 Å².